The molecule has 4 heterocycles. The van der Waals surface area contributed by atoms with Crippen LogP contribution in [0.15, 0.2) is 18.2 Å². The maximum atomic E-state index is 13.4. The van der Waals surface area contributed by atoms with Gasteiger partial charge in [-0.3, -0.25) is 9.28 Å². The van der Waals surface area contributed by atoms with E-state index in [2.05, 4.69) is 47.6 Å². The molecule has 0 bridgehead atoms. The lowest BCUT2D eigenvalue weighted by Gasteiger charge is -2.43. The lowest BCUT2D eigenvalue weighted by molar-refractivity contribution is -0.126. The molecule has 0 aliphatic carbocycles. The summed E-state index contributed by atoms with van der Waals surface area (Å²) in [5.74, 6) is 0.369. The molecule has 4 fully saturated rings. The van der Waals surface area contributed by atoms with Gasteiger partial charge in [0, 0.05) is 56.7 Å². The van der Waals surface area contributed by atoms with E-state index in [-0.39, 0.29) is 17.8 Å². The summed E-state index contributed by atoms with van der Waals surface area (Å²) in [5, 5.41) is 7.02. The molecular formula is C24H38ClN4O+. The lowest BCUT2D eigenvalue weighted by Crippen LogP contribution is -2.59. The van der Waals surface area contributed by atoms with Crippen LogP contribution in [0.4, 0.5) is 11.4 Å². The lowest BCUT2D eigenvalue weighted by atomic mass is 9.77. The molecule has 4 saturated heterocycles. The van der Waals surface area contributed by atoms with Crippen molar-refractivity contribution in [1.29, 1.82) is 0 Å². The molecule has 4 aliphatic heterocycles. The van der Waals surface area contributed by atoms with Gasteiger partial charge in [-0.05, 0) is 57.8 Å². The predicted octanol–water partition coefficient (Wildman–Crippen LogP) is 3.37. The first-order chi connectivity index (χ1) is 14.1. The molecule has 4 aliphatic rings. The van der Waals surface area contributed by atoms with Gasteiger partial charge in [0.15, 0.2) is 0 Å². The van der Waals surface area contributed by atoms with Crippen LogP contribution in [-0.4, -0.2) is 57.3 Å². The average molecular weight is 434 g/mol. The van der Waals surface area contributed by atoms with Crippen LogP contribution in [-0.2, 0) is 4.79 Å². The van der Waals surface area contributed by atoms with Crippen LogP contribution < -0.4 is 20.0 Å². The predicted molar refractivity (Wildman–Crippen MR) is 127 cm³/mol. The molecule has 1 aromatic rings. The van der Waals surface area contributed by atoms with E-state index in [9.17, 15) is 4.79 Å². The number of rotatable bonds is 3. The Morgan fingerprint density at radius 2 is 1.90 bits per heavy atom. The normalized spacial score (nSPS) is 33.3. The van der Waals surface area contributed by atoms with Gasteiger partial charge in [-0.15, -0.1) is 12.4 Å². The fourth-order valence-electron chi connectivity index (χ4n) is 6.89. The SMILES string of the molecule is Cc1cc([N+]2([C@@H]3CCNC3)CCC[C@H]2C)ccc1N1CCC2(CCNCC2)C1=O.Cl. The van der Waals surface area contributed by atoms with Crippen LogP contribution in [0.3, 0.4) is 0 Å². The number of hydrogen-bond donors (Lipinski definition) is 2. The molecule has 1 aromatic carbocycles. The van der Waals surface area contributed by atoms with E-state index in [0.717, 1.165) is 62.2 Å². The van der Waals surface area contributed by atoms with E-state index in [1.165, 1.54) is 37.1 Å². The molecule has 1 amide bonds. The van der Waals surface area contributed by atoms with Gasteiger partial charge >= 0.3 is 0 Å². The van der Waals surface area contributed by atoms with E-state index in [4.69, 9.17) is 0 Å². The van der Waals surface area contributed by atoms with Crippen LogP contribution >= 0.6 is 12.4 Å². The Hall–Kier alpha value is -1.14. The Bertz CT molecular complexity index is 787. The number of likely N-dealkylation sites (tertiary alicyclic amines) is 1. The van der Waals surface area contributed by atoms with E-state index < -0.39 is 0 Å². The highest BCUT2D eigenvalue weighted by Crippen LogP contribution is 2.44. The molecule has 0 radical (unpaired) electrons. The number of carbonyl (C=O) groups excluding carboxylic acids is 1. The third-order valence-corrected chi connectivity index (χ3v) is 8.65. The summed E-state index contributed by atoms with van der Waals surface area (Å²) in [6, 6.07) is 8.39. The Balaban J connectivity index is 0.00000218. The van der Waals surface area contributed by atoms with Crippen molar-refractivity contribution in [3.63, 3.8) is 0 Å². The monoisotopic (exact) mass is 433 g/mol. The summed E-state index contributed by atoms with van der Waals surface area (Å²) in [6.45, 7) is 11.0. The molecule has 0 saturated carbocycles. The van der Waals surface area contributed by atoms with Gasteiger partial charge in [0.25, 0.3) is 0 Å². The number of piperidine rings is 1. The molecule has 2 N–H and O–H groups in total. The van der Waals surface area contributed by atoms with E-state index >= 15 is 0 Å². The minimum Gasteiger partial charge on any atom is -0.317 e. The molecule has 5 rings (SSSR count). The standard InChI is InChI=1S/C24H37N4O.ClH/c1-18-16-20(28(15-3-4-19(28)2)21-7-11-26-17-21)5-6-22(18)27-14-10-24(23(27)29)8-12-25-13-9-24;/h5-6,16,19,21,25-26H,3-4,7-15,17H2,1-2H3;1H/q+1;/t19-,21-,28?;/m1./s1. The second-order valence-electron chi connectivity index (χ2n) is 10.00. The third kappa shape index (κ3) is 3.29. The number of carbonyl (C=O) groups is 1. The van der Waals surface area contributed by atoms with Crippen molar-refractivity contribution in [3.8, 4) is 0 Å². The van der Waals surface area contributed by atoms with Crippen molar-refractivity contribution in [1.82, 2.24) is 15.1 Å². The maximum Gasteiger partial charge on any atom is 0.233 e. The molecule has 3 atom stereocenters. The van der Waals surface area contributed by atoms with Crippen molar-refractivity contribution >= 4 is 29.7 Å². The summed E-state index contributed by atoms with van der Waals surface area (Å²) in [6.07, 6.45) is 6.90. The highest BCUT2D eigenvalue weighted by Gasteiger charge is 2.49. The molecule has 1 unspecified atom stereocenters. The highest BCUT2D eigenvalue weighted by molar-refractivity contribution is 6.00. The van der Waals surface area contributed by atoms with Gasteiger partial charge in [0.2, 0.25) is 5.91 Å². The Morgan fingerprint density at radius 1 is 1.10 bits per heavy atom. The number of anilines is 1. The van der Waals surface area contributed by atoms with Crippen LogP contribution in [0.1, 0.15) is 51.0 Å². The topological polar surface area (TPSA) is 44.4 Å². The summed E-state index contributed by atoms with van der Waals surface area (Å²) in [4.78, 5) is 15.5. The number of quaternary nitrogens is 1. The number of halogens is 1. The highest BCUT2D eigenvalue weighted by atomic mass is 35.5. The summed E-state index contributed by atoms with van der Waals surface area (Å²) in [7, 11) is 0. The molecule has 1 spiro atoms. The van der Waals surface area contributed by atoms with Crippen LogP contribution in [0.25, 0.3) is 0 Å². The maximum absolute atomic E-state index is 13.4. The van der Waals surface area contributed by atoms with Crippen molar-refractivity contribution < 1.29 is 4.79 Å². The van der Waals surface area contributed by atoms with Gasteiger partial charge in [-0.2, -0.15) is 0 Å². The molecular weight excluding hydrogens is 396 g/mol. The van der Waals surface area contributed by atoms with Crippen molar-refractivity contribution in [2.75, 3.05) is 44.2 Å². The fraction of sp³-hybridized carbons (Fsp3) is 0.708. The smallest absolute Gasteiger partial charge is 0.233 e. The van der Waals surface area contributed by atoms with Crippen molar-refractivity contribution in [2.24, 2.45) is 5.41 Å². The number of amides is 1. The molecule has 30 heavy (non-hydrogen) atoms. The van der Waals surface area contributed by atoms with Crippen LogP contribution in [0.5, 0.6) is 0 Å². The first-order valence-electron chi connectivity index (χ1n) is 11.8. The van der Waals surface area contributed by atoms with Gasteiger partial charge in [-0.25, -0.2) is 0 Å². The van der Waals surface area contributed by atoms with E-state index in [1.807, 2.05) is 0 Å². The minimum atomic E-state index is -0.108. The summed E-state index contributed by atoms with van der Waals surface area (Å²) < 4.78 is 1.14. The van der Waals surface area contributed by atoms with E-state index in [0.29, 0.717) is 18.0 Å². The minimum absolute atomic E-state index is 0. The van der Waals surface area contributed by atoms with Crippen molar-refractivity contribution in [3.05, 3.63) is 23.8 Å². The Morgan fingerprint density at radius 3 is 2.53 bits per heavy atom. The third-order valence-electron chi connectivity index (χ3n) is 8.65. The zero-order valence-electron chi connectivity index (χ0n) is 18.6. The van der Waals surface area contributed by atoms with Crippen molar-refractivity contribution in [2.45, 2.75) is 64.5 Å². The van der Waals surface area contributed by atoms with Gasteiger partial charge in [0.1, 0.15) is 11.7 Å². The first kappa shape index (κ1) is 22.1. The summed E-state index contributed by atoms with van der Waals surface area (Å²) in [5.41, 5.74) is 3.77. The van der Waals surface area contributed by atoms with Crippen LogP contribution in [0.2, 0.25) is 0 Å². The molecule has 6 heteroatoms. The molecule has 166 valence electrons. The largest absolute Gasteiger partial charge is 0.317 e. The number of aryl methyl sites for hydroxylation is 1. The first-order valence-corrected chi connectivity index (χ1v) is 11.8. The molecule has 5 nitrogen and oxygen atoms in total. The number of benzene rings is 1. The zero-order chi connectivity index (χ0) is 20.1. The summed E-state index contributed by atoms with van der Waals surface area (Å²) >= 11 is 0. The number of nitrogens with zero attached hydrogens (tertiary/aromatic N) is 2. The second kappa shape index (κ2) is 8.42. The quantitative estimate of drug-likeness (QED) is 0.718. The average Bonchev–Trinajstić information content (AvgIpc) is 3.45. The van der Waals surface area contributed by atoms with Gasteiger partial charge in [0.05, 0.1) is 18.0 Å². The Labute approximate surface area is 187 Å². The Kier molecular flexibility index (Phi) is 6.19. The zero-order valence-corrected chi connectivity index (χ0v) is 19.4. The number of nitrogens with one attached hydrogen (secondary N) is 2. The second-order valence-corrected chi connectivity index (χ2v) is 10.00. The van der Waals surface area contributed by atoms with Gasteiger partial charge in [-0.1, -0.05) is 0 Å². The number of hydrogen-bond acceptors (Lipinski definition) is 3. The van der Waals surface area contributed by atoms with Crippen LogP contribution in [0, 0.1) is 12.3 Å². The molecule has 0 aromatic heterocycles. The fourth-order valence-corrected chi connectivity index (χ4v) is 6.89. The van der Waals surface area contributed by atoms with Gasteiger partial charge < -0.3 is 15.5 Å². The van der Waals surface area contributed by atoms with E-state index in [1.54, 1.807) is 0 Å².